The minimum atomic E-state index is -0.197. The lowest BCUT2D eigenvalue weighted by Gasteiger charge is -2.06. The van der Waals surface area contributed by atoms with Crippen molar-refractivity contribution in [3.8, 4) is 5.88 Å². The molecule has 1 saturated carbocycles. The van der Waals surface area contributed by atoms with E-state index in [0.29, 0.717) is 16.8 Å². The highest BCUT2D eigenvalue weighted by atomic mass is 35.5. The first-order chi connectivity index (χ1) is 8.26. The third-order valence-corrected chi connectivity index (χ3v) is 3.14. The number of hydrogen-bond acceptors (Lipinski definition) is 4. The van der Waals surface area contributed by atoms with Crippen LogP contribution in [0.15, 0.2) is 12.1 Å². The Hall–Kier alpha value is -0.840. The number of aromatic nitrogens is 1. The quantitative estimate of drug-likeness (QED) is 0.759. The molecule has 2 unspecified atom stereocenters. The number of halogens is 1. The lowest BCUT2D eigenvalue weighted by molar-refractivity contribution is 0.0950. The van der Waals surface area contributed by atoms with Crippen LogP contribution < -0.4 is 4.74 Å². The van der Waals surface area contributed by atoms with Crippen molar-refractivity contribution in [3.63, 3.8) is 0 Å². The first-order valence-corrected chi connectivity index (χ1v) is 6.12. The first kappa shape index (κ1) is 11.3. The highest BCUT2D eigenvalue weighted by molar-refractivity contribution is 6.30. The molecule has 92 valence electrons. The van der Waals surface area contributed by atoms with E-state index in [4.69, 9.17) is 25.8 Å². The molecule has 0 N–H and O–H groups in total. The number of ether oxygens (including phenoxy) is 3. The number of pyridine rings is 1. The fraction of sp³-hybridized carbons (Fsp3) is 0.583. The van der Waals surface area contributed by atoms with Gasteiger partial charge < -0.3 is 14.2 Å². The molecule has 0 bridgehead atoms. The molecular weight excluding hydrogens is 242 g/mol. The predicted molar refractivity (Wildman–Crippen MR) is 62.1 cm³/mol. The maximum Gasteiger partial charge on any atom is 0.215 e. The van der Waals surface area contributed by atoms with Gasteiger partial charge in [-0.05, 0) is 24.8 Å². The van der Waals surface area contributed by atoms with Crippen LogP contribution in [0.2, 0.25) is 5.02 Å². The average molecular weight is 256 g/mol. The summed E-state index contributed by atoms with van der Waals surface area (Å²) in [5.41, 5.74) is 0.773. The molecule has 2 atom stereocenters. The Kier molecular flexibility index (Phi) is 2.94. The van der Waals surface area contributed by atoms with E-state index in [9.17, 15) is 0 Å². The molecule has 1 aromatic rings. The normalized spacial score (nSPS) is 26.9. The van der Waals surface area contributed by atoms with Crippen LogP contribution in [-0.4, -0.2) is 25.0 Å². The van der Waals surface area contributed by atoms with E-state index in [1.807, 2.05) is 0 Å². The molecule has 0 amide bonds. The number of rotatable bonds is 5. The molecule has 4 nitrogen and oxygen atoms in total. The van der Waals surface area contributed by atoms with Crippen LogP contribution in [0.5, 0.6) is 5.88 Å². The Morgan fingerprint density at radius 3 is 2.94 bits per heavy atom. The average Bonchev–Trinajstić information content (AvgIpc) is 3.19. The molecule has 2 aliphatic rings. The molecule has 1 aliphatic heterocycles. The van der Waals surface area contributed by atoms with Crippen LogP contribution in [0, 0.1) is 5.92 Å². The van der Waals surface area contributed by atoms with Crippen molar-refractivity contribution in [1.29, 1.82) is 0 Å². The summed E-state index contributed by atoms with van der Waals surface area (Å²) < 4.78 is 16.0. The lowest BCUT2D eigenvalue weighted by Crippen LogP contribution is -2.02. The summed E-state index contributed by atoms with van der Waals surface area (Å²) in [6, 6.07) is 3.52. The molecule has 5 heteroatoms. The van der Waals surface area contributed by atoms with Gasteiger partial charge in [-0.15, -0.1) is 0 Å². The van der Waals surface area contributed by atoms with Crippen molar-refractivity contribution in [2.24, 2.45) is 5.92 Å². The number of nitrogens with zero attached hydrogens (tertiary/aromatic N) is 1. The Morgan fingerprint density at radius 1 is 1.47 bits per heavy atom. The van der Waals surface area contributed by atoms with Gasteiger partial charge in [0.25, 0.3) is 0 Å². The first-order valence-electron chi connectivity index (χ1n) is 5.75. The Balaban J connectivity index is 1.70. The van der Waals surface area contributed by atoms with E-state index >= 15 is 0 Å². The second-order valence-electron chi connectivity index (χ2n) is 4.46. The summed E-state index contributed by atoms with van der Waals surface area (Å²) in [6.07, 6.45) is 2.20. The van der Waals surface area contributed by atoms with Crippen LogP contribution in [-0.2, 0) is 9.47 Å². The Morgan fingerprint density at radius 2 is 2.29 bits per heavy atom. The van der Waals surface area contributed by atoms with Crippen molar-refractivity contribution in [2.45, 2.75) is 25.2 Å². The van der Waals surface area contributed by atoms with Gasteiger partial charge in [-0.2, -0.15) is 0 Å². The largest absolute Gasteiger partial charge is 0.477 e. The number of methoxy groups -OCH3 is 1. The van der Waals surface area contributed by atoms with Gasteiger partial charge in [0.15, 0.2) is 12.4 Å². The van der Waals surface area contributed by atoms with Crippen molar-refractivity contribution in [3.05, 3.63) is 22.8 Å². The summed E-state index contributed by atoms with van der Waals surface area (Å²) in [6.45, 7) is 0.728. The van der Waals surface area contributed by atoms with Crippen molar-refractivity contribution in [2.75, 3.05) is 13.7 Å². The van der Waals surface area contributed by atoms with Crippen molar-refractivity contribution < 1.29 is 14.2 Å². The van der Waals surface area contributed by atoms with Gasteiger partial charge in [-0.3, -0.25) is 0 Å². The van der Waals surface area contributed by atoms with Crippen LogP contribution in [0.25, 0.3) is 0 Å². The third kappa shape index (κ3) is 2.70. The molecule has 0 radical (unpaired) electrons. The molecule has 1 aliphatic carbocycles. The van der Waals surface area contributed by atoms with Crippen LogP contribution in [0.4, 0.5) is 0 Å². The van der Waals surface area contributed by atoms with Crippen LogP contribution in [0.1, 0.15) is 24.6 Å². The lowest BCUT2D eigenvalue weighted by atomic mass is 10.3. The second kappa shape index (κ2) is 4.44. The summed E-state index contributed by atoms with van der Waals surface area (Å²) in [7, 11) is 1.61. The van der Waals surface area contributed by atoms with E-state index in [0.717, 1.165) is 12.3 Å². The topological polar surface area (TPSA) is 43.9 Å². The third-order valence-electron chi connectivity index (χ3n) is 2.93. The summed E-state index contributed by atoms with van der Waals surface area (Å²) in [4.78, 5) is 4.38. The summed E-state index contributed by atoms with van der Waals surface area (Å²) in [5.74, 6) is 1.27. The minimum absolute atomic E-state index is 0.109. The van der Waals surface area contributed by atoms with Gasteiger partial charge in [0.05, 0.1) is 12.3 Å². The van der Waals surface area contributed by atoms with E-state index in [-0.39, 0.29) is 12.4 Å². The van der Waals surface area contributed by atoms with Crippen LogP contribution in [0.3, 0.4) is 0 Å². The van der Waals surface area contributed by atoms with E-state index < -0.39 is 0 Å². The maximum absolute atomic E-state index is 6.03. The molecule has 0 spiro atoms. The van der Waals surface area contributed by atoms with Gasteiger partial charge in [-0.1, -0.05) is 11.6 Å². The van der Waals surface area contributed by atoms with Crippen molar-refractivity contribution in [1.82, 2.24) is 4.98 Å². The van der Waals surface area contributed by atoms with Gasteiger partial charge in [0.2, 0.25) is 5.88 Å². The summed E-state index contributed by atoms with van der Waals surface area (Å²) in [5, 5.41) is 0.617. The second-order valence-corrected chi connectivity index (χ2v) is 4.90. The highest BCUT2D eigenvalue weighted by Crippen LogP contribution is 2.39. The fourth-order valence-electron chi connectivity index (χ4n) is 1.69. The van der Waals surface area contributed by atoms with Gasteiger partial charge in [0, 0.05) is 18.2 Å². The zero-order chi connectivity index (χ0) is 11.8. The van der Waals surface area contributed by atoms with Gasteiger partial charge in [0.1, 0.15) is 0 Å². The summed E-state index contributed by atoms with van der Waals surface area (Å²) >= 11 is 6.03. The van der Waals surface area contributed by atoms with Gasteiger partial charge in [-0.25, -0.2) is 4.98 Å². The molecule has 1 saturated heterocycles. The SMILES string of the molecule is COC1OC1c1cc(Cl)cc(OCC2CC2)n1. The van der Waals surface area contributed by atoms with E-state index in [2.05, 4.69) is 4.98 Å². The minimum Gasteiger partial charge on any atom is -0.477 e. The van der Waals surface area contributed by atoms with E-state index in [1.165, 1.54) is 12.8 Å². The maximum atomic E-state index is 6.03. The standard InChI is InChI=1S/C12H14ClNO3/c1-15-12-11(17-12)9-4-8(13)5-10(14-9)16-6-7-2-3-7/h4-5,7,11-12H,2-3,6H2,1H3. The molecule has 1 aromatic heterocycles. The highest BCUT2D eigenvalue weighted by Gasteiger charge is 2.42. The smallest absolute Gasteiger partial charge is 0.215 e. The van der Waals surface area contributed by atoms with Gasteiger partial charge >= 0.3 is 0 Å². The zero-order valence-corrected chi connectivity index (χ0v) is 10.3. The van der Waals surface area contributed by atoms with Crippen LogP contribution >= 0.6 is 11.6 Å². The molecular formula is C12H14ClNO3. The zero-order valence-electron chi connectivity index (χ0n) is 9.56. The van der Waals surface area contributed by atoms with Crippen molar-refractivity contribution >= 4 is 11.6 Å². The molecule has 3 rings (SSSR count). The number of hydrogen-bond donors (Lipinski definition) is 0. The Labute approximate surface area is 105 Å². The molecule has 2 fully saturated rings. The monoisotopic (exact) mass is 255 g/mol. The molecule has 17 heavy (non-hydrogen) atoms. The molecule has 2 heterocycles. The molecule has 0 aromatic carbocycles. The predicted octanol–water partition coefficient (Wildman–Crippen LogP) is 2.57. The van der Waals surface area contributed by atoms with E-state index in [1.54, 1.807) is 19.2 Å². The fourth-order valence-corrected chi connectivity index (χ4v) is 1.89. The number of epoxide rings is 1. The Bertz CT molecular complexity index is 422.